The van der Waals surface area contributed by atoms with E-state index in [-0.39, 0.29) is 12.7 Å². The number of hydrogen-bond donors (Lipinski definition) is 2. The molecule has 20 heavy (non-hydrogen) atoms. The molecule has 1 heterocycles. The molecule has 0 aromatic heterocycles. The summed E-state index contributed by atoms with van der Waals surface area (Å²) >= 11 is 0. The summed E-state index contributed by atoms with van der Waals surface area (Å²) in [7, 11) is 0. The third kappa shape index (κ3) is 4.01. The van der Waals surface area contributed by atoms with E-state index in [0.717, 1.165) is 5.56 Å². The van der Waals surface area contributed by atoms with Gasteiger partial charge in [-0.05, 0) is 19.4 Å². The Morgan fingerprint density at radius 2 is 1.85 bits per heavy atom. The van der Waals surface area contributed by atoms with Crippen LogP contribution in [-0.2, 0) is 20.8 Å². The van der Waals surface area contributed by atoms with E-state index in [1.165, 1.54) is 0 Å². The lowest BCUT2D eigenvalue weighted by Gasteiger charge is -2.17. The van der Waals surface area contributed by atoms with Gasteiger partial charge in [0.25, 0.3) is 0 Å². The first kappa shape index (κ1) is 15.4. The van der Waals surface area contributed by atoms with Crippen LogP contribution in [0.2, 0.25) is 0 Å². The Labute approximate surface area is 119 Å². The number of rotatable bonds is 6. The first-order valence-electron chi connectivity index (χ1n) is 6.86. The molecule has 2 N–H and O–H groups in total. The number of aliphatic hydroxyl groups is 2. The SMILES string of the molecule is CC(C)O[C@H]1O[C@H](COCc2ccccc2)[C@H](O)[C@@H]1O. The number of hydrogen-bond acceptors (Lipinski definition) is 5. The molecule has 1 aliphatic rings. The van der Waals surface area contributed by atoms with Crippen LogP contribution in [0.5, 0.6) is 0 Å². The predicted molar refractivity (Wildman–Crippen MR) is 73.0 cm³/mol. The summed E-state index contributed by atoms with van der Waals surface area (Å²) in [5, 5.41) is 19.7. The molecule has 0 aliphatic carbocycles. The Morgan fingerprint density at radius 3 is 2.50 bits per heavy atom. The minimum Gasteiger partial charge on any atom is -0.387 e. The molecular formula is C15H22O5. The van der Waals surface area contributed by atoms with Crippen molar-refractivity contribution in [1.82, 2.24) is 0 Å². The van der Waals surface area contributed by atoms with Crippen LogP contribution in [0.25, 0.3) is 0 Å². The minimum atomic E-state index is -1.04. The zero-order valence-electron chi connectivity index (χ0n) is 11.8. The van der Waals surface area contributed by atoms with Crippen LogP contribution in [0, 0.1) is 0 Å². The zero-order valence-corrected chi connectivity index (χ0v) is 11.8. The third-order valence-electron chi connectivity index (χ3n) is 3.12. The van der Waals surface area contributed by atoms with Crippen molar-refractivity contribution in [3.63, 3.8) is 0 Å². The molecule has 1 aliphatic heterocycles. The van der Waals surface area contributed by atoms with Crippen LogP contribution < -0.4 is 0 Å². The van der Waals surface area contributed by atoms with Gasteiger partial charge in [-0.25, -0.2) is 0 Å². The number of benzene rings is 1. The van der Waals surface area contributed by atoms with Crippen LogP contribution in [0.15, 0.2) is 30.3 Å². The fourth-order valence-electron chi connectivity index (χ4n) is 2.10. The molecule has 0 radical (unpaired) electrons. The number of aliphatic hydroxyl groups excluding tert-OH is 2. The minimum absolute atomic E-state index is 0.0779. The molecule has 0 spiro atoms. The summed E-state index contributed by atoms with van der Waals surface area (Å²) in [4.78, 5) is 0. The lowest BCUT2D eigenvalue weighted by Crippen LogP contribution is -2.35. The van der Waals surface area contributed by atoms with E-state index in [1.54, 1.807) is 0 Å². The molecular weight excluding hydrogens is 260 g/mol. The van der Waals surface area contributed by atoms with Gasteiger partial charge in [-0.1, -0.05) is 30.3 Å². The fourth-order valence-corrected chi connectivity index (χ4v) is 2.10. The first-order valence-corrected chi connectivity index (χ1v) is 6.86. The molecule has 112 valence electrons. The molecule has 4 atom stereocenters. The van der Waals surface area contributed by atoms with Crippen LogP contribution in [0.4, 0.5) is 0 Å². The summed E-state index contributed by atoms with van der Waals surface area (Å²) in [6, 6.07) is 9.75. The molecule has 0 saturated carbocycles. The second-order valence-corrected chi connectivity index (χ2v) is 5.21. The molecule has 5 nitrogen and oxygen atoms in total. The molecule has 1 aromatic carbocycles. The van der Waals surface area contributed by atoms with E-state index in [1.807, 2.05) is 44.2 Å². The predicted octanol–water partition coefficient (Wildman–Crippen LogP) is 1.07. The summed E-state index contributed by atoms with van der Waals surface area (Å²) in [5.74, 6) is 0. The van der Waals surface area contributed by atoms with Gasteiger partial charge in [-0.2, -0.15) is 0 Å². The summed E-state index contributed by atoms with van der Waals surface area (Å²) in [6.07, 6.45) is -3.48. The molecule has 0 bridgehead atoms. The summed E-state index contributed by atoms with van der Waals surface area (Å²) in [5.41, 5.74) is 1.05. The summed E-state index contributed by atoms with van der Waals surface area (Å²) in [6.45, 7) is 4.35. The van der Waals surface area contributed by atoms with Crippen molar-refractivity contribution in [1.29, 1.82) is 0 Å². The van der Waals surface area contributed by atoms with Gasteiger partial charge < -0.3 is 24.4 Å². The van der Waals surface area contributed by atoms with Gasteiger partial charge in [0.15, 0.2) is 6.29 Å². The van der Waals surface area contributed by atoms with Crippen LogP contribution in [-0.4, -0.2) is 47.5 Å². The van der Waals surface area contributed by atoms with Crippen LogP contribution >= 0.6 is 0 Å². The molecule has 0 amide bonds. The highest BCUT2D eigenvalue weighted by Gasteiger charge is 2.43. The van der Waals surface area contributed by atoms with Gasteiger partial charge in [-0.15, -0.1) is 0 Å². The van der Waals surface area contributed by atoms with E-state index in [2.05, 4.69) is 0 Å². The molecule has 0 unspecified atom stereocenters. The monoisotopic (exact) mass is 282 g/mol. The molecule has 5 heteroatoms. The van der Waals surface area contributed by atoms with Crippen molar-refractivity contribution in [3.05, 3.63) is 35.9 Å². The second-order valence-electron chi connectivity index (χ2n) is 5.21. The third-order valence-corrected chi connectivity index (χ3v) is 3.12. The Morgan fingerprint density at radius 1 is 1.15 bits per heavy atom. The van der Waals surface area contributed by atoms with Gasteiger partial charge in [0, 0.05) is 0 Å². The highest BCUT2D eigenvalue weighted by molar-refractivity contribution is 5.13. The Kier molecular flexibility index (Phi) is 5.51. The molecule has 1 saturated heterocycles. The van der Waals surface area contributed by atoms with Crippen molar-refractivity contribution < 1.29 is 24.4 Å². The van der Waals surface area contributed by atoms with E-state index >= 15 is 0 Å². The Balaban J connectivity index is 1.78. The maximum atomic E-state index is 9.90. The lowest BCUT2D eigenvalue weighted by molar-refractivity contribution is -0.188. The van der Waals surface area contributed by atoms with E-state index in [9.17, 15) is 10.2 Å². The quantitative estimate of drug-likeness (QED) is 0.817. The van der Waals surface area contributed by atoms with Gasteiger partial charge >= 0.3 is 0 Å². The highest BCUT2D eigenvalue weighted by Crippen LogP contribution is 2.23. The van der Waals surface area contributed by atoms with Crippen molar-refractivity contribution in [2.24, 2.45) is 0 Å². The average molecular weight is 282 g/mol. The van der Waals surface area contributed by atoms with Gasteiger partial charge in [0.1, 0.15) is 18.3 Å². The summed E-state index contributed by atoms with van der Waals surface area (Å²) < 4.78 is 16.4. The van der Waals surface area contributed by atoms with Crippen molar-refractivity contribution in [2.45, 2.75) is 51.2 Å². The van der Waals surface area contributed by atoms with Gasteiger partial charge in [0.05, 0.1) is 19.3 Å². The normalized spacial score (nSPS) is 30.1. The second kappa shape index (κ2) is 7.15. The van der Waals surface area contributed by atoms with Crippen LogP contribution in [0.3, 0.4) is 0 Å². The lowest BCUT2D eigenvalue weighted by atomic mass is 10.1. The zero-order chi connectivity index (χ0) is 14.5. The van der Waals surface area contributed by atoms with E-state index < -0.39 is 24.6 Å². The standard InChI is InChI=1S/C15H22O5/c1-10(2)19-15-14(17)13(16)12(20-15)9-18-8-11-6-4-3-5-7-11/h3-7,10,12-17H,8-9H2,1-2H3/t12-,13+,14+,15+/m1/s1. The van der Waals surface area contributed by atoms with Gasteiger partial charge in [0.2, 0.25) is 0 Å². The first-order chi connectivity index (χ1) is 9.58. The maximum absolute atomic E-state index is 9.90. The average Bonchev–Trinajstić information content (AvgIpc) is 2.68. The topological polar surface area (TPSA) is 68.2 Å². The van der Waals surface area contributed by atoms with Crippen molar-refractivity contribution in [3.8, 4) is 0 Å². The van der Waals surface area contributed by atoms with Gasteiger partial charge in [-0.3, -0.25) is 0 Å². The van der Waals surface area contributed by atoms with Crippen molar-refractivity contribution >= 4 is 0 Å². The Hall–Kier alpha value is -0.980. The smallest absolute Gasteiger partial charge is 0.186 e. The largest absolute Gasteiger partial charge is 0.387 e. The highest BCUT2D eigenvalue weighted by atomic mass is 16.7. The van der Waals surface area contributed by atoms with E-state index in [0.29, 0.717) is 6.61 Å². The molecule has 1 aromatic rings. The number of ether oxygens (including phenoxy) is 3. The van der Waals surface area contributed by atoms with Crippen LogP contribution in [0.1, 0.15) is 19.4 Å². The maximum Gasteiger partial charge on any atom is 0.186 e. The fraction of sp³-hybridized carbons (Fsp3) is 0.600. The molecule has 1 fully saturated rings. The van der Waals surface area contributed by atoms with E-state index in [4.69, 9.17) is 14.2 Å². The Bertz CT molecular complexity index is 395. The van der Waals surface area contributed by atoms with Crippen molar-refractivity contribution in [2.75, 3.05) is 6.61 Å². The molecule has 2 rings (SSSR count).